The van der Waals surface area contributed by atoms with Crippen LogP contribution in [0.15, 0.2) is 6.20 Å². The van der Waals surface area contributed by atoms with E-state index in [-0.39, 0.29) is 6.42 Å². The van der Waals surface area contributed by atoms with Crippen molar-refractivity contribution in [2.75, 3.05) is 0 Å². The van der Waals surface area contributed by atoms with E-state index in [4.69, 9.17) is 10.8 Å². The Morgan fingerprint density at radius 2 is 2.15 bits per heavy atom. The molecule has 7 nitrogen and oxygen atoms in total. The van der Waals surface area contributed by atoms with Gasteiger partial charge in [-0.15, -0.1) is 16.4 Å². The Kier molecular flexibility index (Phi) is 3.84. The number of aryl methyl sites for hydroxylation is 2. The van der Waals surface area contributed by atoms with Crippen molar-refractivity contribution in [2.24, 2.45) is 5.73 Å². The average Bonchev–Trinajstić information content (AvgIpc) is 2.93. The lowest BCUT2D eigenvalue weighted by molar-refractivity contribution is -0.136. The molecule has 0 atom stereocenters. The molecule has 3 N–H and O–H groups in total. The van der Waals surface area contributed by atoms with Gasteiger partial charge < -0.3 is 10.8 Å². The van der Waals surface area contributed by atoms with E-state index in [0.29, 0.717) is 22.7 Å². The van der Waals surface area contributed by atoms with Gasteiger partial charge in [-0.1, -0.05) is 5.21 Å². The molecule has 20 heavy (non-hydrogen) atoms. The van der Waals surface area contributed by atoms with Gasteiger partial charge in [-0.25, -0.2) is 4.68 Å². The van der Waals surface area contributed by atoms with Gasteiger partial charge in [-0.2, -0.15) is 0 Å². The minimum absolute atomic E-state index is 0.0101. The maximum Gasteiger partial charge on any atom is 0.303 e. The molecule has 1 amide bonds. The molecule has 2 heterocycles. The number of carbonyl (C=O) groups is 2. The lowest BCUT2D eigenvalue weighted by atomic mass is 10.1. The summed E-state index contributed by atoms with van der Waals surface area (Å²) in [6, 6.07) is 0. The van der Waals surface area contributed by atoms with Crippen LogP contribution in [0.1, 0.15) is 32.9 Å². The molecule has 2 aromatic heterocycles. The van der Waals surface area contributed by atoms with Crippen molar-refractivity contribution in [2.45, 2.75) is 26.7 Å². The van der Waals surface area contributed by atoms with E-state index in [1.165, 1.54) is 16.0 Å². The number of rotatable bonds is 5. The maximum absolute atomic E-state index is 11.5. The molecule has 0 bridgehead atoms. The van der Waals surface area contributed by atoms with Crippen LogP contribution >= 0.6 is 11.3 Å². The van der Waals surface area contributed by atoms with E-state index in [1.54, 1.807) is 6.20 Å². The predicted molar refractivity (Wildman–Crippen MR) is 73.2 cm³/mol. The van der Waals surface area contributed by atoms with Crippen LogP contribution in [0.5, 0.6) is 0 Å². The van der Waals surface area contributed by atoms with Crippen molar-refractivity contribution < 1.29 is 14.7 Å². The fourth-order valence-corrected chi connectivity index (χ4v) is 2.89. The Morgan fingerprint density at radius 3 is 2.75 bits per heavy atom. The highest BCUT2D eigenvalue weighted by molar-refractivity contribution is 7.15. The molecule has 0 aliphatic carbocycles. The van der Waals surface area contributed by atoms with Gasteiger partial charge in [0.2, 0.25) is 0 Å². The number of aliphatic carboxylic acids is 1. The number of carboxylic acid groups (broad SMARTS) is 1. The van der Waals surface area contributed by atoms with Crippen LogP contribution < -0.4 is 5.73 Å². The van der Waals surface area contributed by atoms with Crippen molar-refractivity contribution in [3.63, 3.8) is 0 Å². The molecule has 0 aromatic carbocycles. The number of nitrogens with two attached hydrogens (primary N) is 1. The second kappa shape index (κ2) is 5.41. The first-order valence-corrected chi connectivity index (χ1v) is 6.75. The molecule has 0 aliphatic rings. The molecule has 0 aliphatic heterocycles. The number of hydrogen-bond acceptors (Lipinski definition) is 5. The Morgan fingerprint density at radius 1 is 1.45 bits per heavy atom. The van der Waals surface area contributed by atoms with E-state index < -0.39 is 11.9 Å². The van der Waals surface area contributed by atoms with Crippen molar-refractivity contribution >= 4 is 23.2 Å². The fourth-order valence-electron chi connectivity index (χ4n) is 1.81. The lowest BCUT2D eigenvalue weighted by Gasteiger charge is -1.99. The van der Waals surface area contributed by atoms with Gasteiger partial charge in [0, 0.05) is 11.3 Å². The van der Waals surface area contributed by atoms with Crippen molar-refractivity contribution in [3.05, 3.63) is 27.9 Å². The number of amides is 1. The third-order valence-electron chi connectivity index (χ3n) is 2.96. The van der Waals surface area contributed by atoms with Crippen molar-refractivity contribution in [1.82, 2.24) is 15.0 Å². The number of carboxylic acids is 1. The molecule has 0 radical (unpaired) electrons. The standard InChI is InChI=1S/C12H14N4O3S/c1-6-7(2)20-12(10(6)11(13)19)16-5-8(14-15-16)3-4-9(17)18/h5H,3-4H2,1-2H3,(H2,13,19)(H,17,18). The minimum Gasteiger partial charge on any atom is -0.481 e. The van der Waals surface area contributed by atoms with Gasteiger partial charge in [0.15, 0.2) is 0 Å². The summed E-state index contributed by atoms with van der Waals surface area (Å²) in [5.41, 5.74) is 7.23. The maximum atomic E-state index is 11.5. The van der Waals surface area contributed by atoms with Gasteiger partial charge in [0.1, 0.15) is 5.00 Å². The van der Waals surface area contributed by atoms with E-state index in [1.807, 2.05) is 13.8 Å². The fraction of sp³-hybridized carbons (Fsp3) is 0.333. The van der Waals surface area contributed by atoms with Gasteiger partial charge >= 0.3 is 5.97 Å². The zero-order valence-electron chi connectivity index (χ0n) is 11.1. The largest absolute Gasteiger partial charge is 0.481 e. The van der Waals surface area contributed by atoms with Crippen LogP contribution in [-0.4, -0.2) is 32.0 Å². The quantitative estimate of drug-likeness (QED) is 0.856. The number of primary amides is 1. The smallest absolute Gasteiger partial charge is 0.303 e. The Bertz CT molecular complexity index is 674. The summed E-state index contributed by atoms with van der Waals surface area (Å²) in [6.07, 6.45) is 1.91. The molecule has 2 aromatic rings. The van der Waals surface area contributed by atoms with Crippen LogP contribution in [0.3, 0.4) is 0 Å². The second-order valence-electron chi connectivity index (χ2n) is 4.38. The van der Waals surface area contributed by atoms with Gasteiger partial charge in [-0.3, -0.25) is 9.59 Å². The number of nitrogens with zero attached hydrogens (tertiary/aromatic N) is 3. The van der Waals surface area contributed by atoms with E-state index >= 15 is 0 Å². The first-order valence-electron chi connectivity index (χ1n) is 5.93. The topological polar surface area (TPSA) is 111 Å². The first kappa shape index (κ1) is 14.2. The summed E-state index contributed by atoms with van der Waals surface area (Å²) in [5, 5.41) is 17.1. The molecule has 0 spiro atoms. The minimum atomic E-state index is -0.889. The summed E-state index contributed by atoms with van der Waals surface area (Å²) in [7, 11) is 0. The monoisotopic (exact) mass is 294 g/mol. The zero-order chi connectivity index (χ0) is 14.9. The average molecular weight is 294 g/mol. The summed E-state index contributed by atoms with van der Waals surface area (Å²) in [5.74, 6) is -1.40. The highest BCUT2D eigenvalue weighted by Gasteiger charge is 2.19. The van der Waals surface area contributed by atoms with E-state index in [2.05, 4.69) is 10.3 Å². The third kappa shape index (κ3) is 2.69. The molecule has 8 heteroatoms. The summed E-state index contributed by atoms with van der Waals surface area (Å²) < 4.78 is 1.47. The normalized spacial score (nSPS) is 10.7. The number of aromatic nitrogens is 3. The highest BCUT2D eigenvalue weighted by Crippen LogP contribution is 2.30. The van der Waals surface area contributed by atoms with Crippen LogP contribution in [0.2, 0.25) is 0 Å². The van der Waals surface area contributed by atoms with Gasteiger partial charge in [0.25, 0.3) is 5.91 Å². The predicted octanol–water partition coefficient (Wildman–Crippen LogP) is 1.06. The summed E-state index contributed by atoms with van der Waals surface area (Å²) in [6.45, 7) is 3.73. The third-order valence-corrected chi connectivity index (χ3v) is 4.15. The highest BCUT2D eigenvalue weighted by atomic mass is 32.1. The van der Waals surface area contributed by atoms with Crippen LogP contribution in [0.25, 0.3) is 5.00 Å². The molecule has 0 saturated carbocycles. The SMILES string of the molecule is Cc1sc(-n2cc(CCC(=O)O)nn2)c(C(N)=O)c1C. The zero-order valence-corrected chi connectivity index (χ0v) is 11.9. The molecule has 2 rings (SSSR count). The molecular weight excluding hydrogens is 280 g/mol. The molecular formula is C12H14N4O3S. The number of thiophene rings is 1. The summed E-state index contributed by atoms with van der Waals surface area (Å²) in [4.78, 5) is 23.1. The van der Waals surface area contributed by atoms with Crippen molar-refractivity contribution in [3.8, 4) is 5.00 Å². The Labute approximate surface area is 119 Å². The van der Waals surface area contributed by atoms with E-state index in [9.17, 15) is 9.59 Å². The Hall–Kier alpha value is -2.22. The van der Waals surface area contributed by atoms with Gasteiger partial charge in [-0.05, 0) is 19.4 Å². The number of hydrogen-bond donors (Lipinski definition) is 2. The molecule has 106 valence electrons. The van der Waals surface area contributed by atoms with Crippen LogP contribution in [0.4, 0.5) is 0 Å². The summed E-state index contributed by atoms with van der Waals surface area (Å²) >= 11 is 1.40. The molecule has 0 unspecified atom stereocenters. The first-order chi connectivity index (χ1) is 9.40. The van der Waals surface area contributed by atoms with Gasteiger partial charge in [0.05, 0.1) is 23.9 Å². The van der Waals surface area contributed by atoms with Crippen LogP contribution in [-0.2, 0) is 11.2 Å². The van der Waals surface area contributed by atoms with Crippen molar-refractivity contribution in [1.29, 1.82) is 0 Å². The van der Waals surface area contributed by atoms with Crippen LogP contribution in [0, 0.1) is 13.8 Å². The Balaban J connectivity index is 2.35. The van der Waals surface area contributed by atoms with E-state index in [0.717, 1.165) is 10.4 Å². The molecule has 0 fully saturated rings. The number of carbonyl (C=O) groups excluding carboxylic acids is 1. The molecule has 0 saturated heterocycles. The second-order valence-corrected chi connectivity index (χ2v) is 5.58. The lowest BCUT2D eigenvalue weighted by Crippen LogP contribution is -2.14.